The molecule has 0 saturated heterocycles. The second-order valence-corrected chi connectivity index (χ2v) is 16.4. The molecule has 7 nitrogen and oxygen atoms in total. The van der Waals surface area contributed by atoms with Crippen molar-refractivity contribution < 1.29 is 32.9 Å². The van der Waals surface area contributed by atoms with Gasteiger partial charge in [0.25, 0.3) is 0 Å². The molecular weight excluding hydrogens is 724 g/mol. The fourth-order valence-electron chi connectivity index (χ4n) is 4.89. The quantitative estimate of drug-likeness (QED) is 0.130. The van der Waals surface area contributed by atoms with Gasteiger partial charge in [0.2, 0.25) is 0 Å². The van der Waals surface area contributed by atoms with Gasteiger partial charge >= 0.3 is 261 Å². The first kappa shape index (κ1) is 29.2. The standard InChI is InChI=1S/C33H18F3IO7S/c34-33(35,36)19-9-13-22(14-10-19)45(40,41)44-37(20-11-15-29-25(17-20)31(38)23-5-1-3-7-27(23)42-29)21-12-16-30-26(18-21)32(39)24-6-2-4-8-28(24)43-30/h1-18H. The molecule has 5 aromatic carbocycles. The summed E-state index contributed by atoms with van der Waals surface area (Å²) >= 11 is -3.59. The molecule has 0 radical (unpaired) electrons. The van der Waals surface area contributed by atoms with E-state index in [0.29, 0.717) is 41.2 Å². The molecule has 226 valence electrons. The van der Waals surface area contributed by atoms with Crippen LogP contribution in [0.3, 0.4) is 0 Å². The van der Waals surface area contributed by atoms with Crippen LogP contribution >= 0.6 is 20.2 Å². The van der Waals surface area contributed by atoms with Gasteiger partial charge in [0.1, 0.15) is 0 Å². The zero-order chi connectivity index (χ0) is 31.5. The van der Waals surface area contributed by atoms with E-state index in [0.717, 1.165) is 12.1 Å². The number of fused-ring (bicyclic) bond motifs is 4. The van der Waals surface area contributed by atoms with E-state index in [1.807, 2.05) is 0 Å². The third-order valence-corrected chi connectivity index (χ3v) is 14.3. The Morgan fingerprint density at radius 2 is 1.02 bits per heavy atom. The molecule has 2 heterocycles. The topological polar surface area (TPSA) is 104 Å². The molecule has 0 N–H and O–H groups in total. The molecule has 45 heavy (non-hydrogen) atoms. The summed E-state index contributed by atoms with van der Waals surface area (Å²) in [5, 5.41) is 1.04. The summed E-state index contributed by atoms with van der Waals surface area (Å²) in [4.78, 5) is 26.4. The summed E-state index contributed by atoms with van der Waals surface area (Å²) in [6.07, 6.45) is -4.66. The van der Waals surface area contributed by atoms with Gasteiger partial charge < -0.3 is 0 Å². The molecule has 0 aliphatic rings. The van der Waals surface area contributed by atoms with Gasteiger partial charge in [0, 0.05) is 0 Å². The van der Waals surface area contributed by atoms with Crippen LogP contribution in [0.25, 0.3) is 43.9 Å². The first-order chi connectivity index (χ1) is 21.5. The zero-order valence-corrected chi connectivity index (χ0v) is 25.6. The van der Waals surface area contributed by atoms with E-state index in [9.17, 15) is 31.2 Å². The molecule has 0 bridgehead atoms. The minimum atomic E-state index is -4.66. The normalized spacial score (nSPS) is 12.7. The molecule has 7 rings (SSSR count). The molecule has 0 unspecified atom stereocenters. The van der Waals surface area contributed by atoms with Crippen molar-refractivity contribution in [3.8, 4) is 0 Å². The molecule has 0 aliphatic heterocycles. The molecular formula is C33H18F3IO7S. The van der Waals surface area contributed by atoms with Gasteiger partial charge in [-0.25, -0.2) is 0 Å². The number of hydrogen-bond donors (Lipinski definition) is 0. The number of benzene rings is 5. The van der Waals surface area contributed by atoms with Gasteiger partial charge in [-0.15, -0.1) is 0 Å². The van der Waals surface area contributed by atoms with E-state index in [1.54, 1.807) is 72.8 Å². The number of para-hydroxylation sites is 2. The first-order valence-electron chi connectivity index (χ1n) is 13.2. The van der Waals surface area contributed by atoms with Crippen molar-refractivity contribution in [1.82, 2.24) is 0 Å². The Kier molecular flexibility index (Phi) is 7.02. The van der Waals surface area contributed by atoms with Crippen LogP contribution in [0.15, 0.2) is 133 Å². The fraction of sp³-hybridized carbons (Fsp3) is 0.0303. The SMILES string of the molecule is O=c1c2ccccc2oc2ccc(I(OS(=O)(=O)c3ccc(C(F)(F)F)cc3)c3ccc4oc5ccccc5c(=O)c4c3)cc12. The van der Waals surface area contributed by atoms with Crippen LogP contribution in [-0.2, 0) is 18.8 Å². The van der Waals surface area contributed by atoms with Gasteiger partial charge in [-0.3, -0.25) is 0 Å². The third-order valence-electron chi connectivity index (χ3n) is 7.09. The Balaban J connectivity index is 1.41. The second-order valence-electron chi connectivity index (χ2n) is 9.92. The van der Waals surface area contributed by atoms with Crippen molar-refractivity contribution in [2.75, 3.05) is 0 Å². The molecule has 0 amide bonds. The molecule has 0 spiro atoms. The Morgan fingerprint density at radius 3 is 1.49 bits per heavy atom. The van der Waals surface area contributed by atoms with Crippen LogP contribution in [-0.4, -0.2) is 8.42 Å². The zero-order valence-electron chi connectivity index (χ0n) is 22.7. The summed E-state index contributed by atoms with van der Waals surface area (Å²) < 4.78 is 84.9. The summed E-state index contributed by atoms with van der Waals surface area (Å²) in [5.41, 5.74) is -0.371. The number of rotatable bonds is 5. The van der Waals surface area contributed by atoms with Crippen molar-refractivity contribution in [3.05, 3.63) is 142 Å². The van der Waals surface area contributed by atoms with Crippen molar-refractivity contribution >= 4 is 74.2 Å². The van der Waals surface area contributed by atoms with Crippen LogP contribution in [0.5, 0.6) is 0 Å². The Labute approximate surface area is 259 Å². The van der Waals surface area contributed by atoms with E-state index < -0.39 is 47.0 Å². The van der Waals surface area contributed by atoms with E-state index in [4.69, 9.17) is 11.3 Å². The molecule has 0 atom stereocenters. The molecule has 12 heteroatoms. The van der Waals surface area contributed by atoms with Crippen molar-refractivity contribution in [2.24, 2.45) is 0 Å². The molecule has 2 aromatic heterocycles. The van der Waals surface area contributed by atoms with Crippen molar-refractivity contribution in [2.45, 2.75) is 11.1 Å². The van der Waals surface area contributed by atoms with E-state index in [1.165, 1.54) is 12.1 Å². The summed E-state index contributed by atoms with van der Waals surface area (Å²) in [5.74, 6) is 0. The maximum absolute atomic E-state index is 13.5. The van der Waals surface area contributed by atoms with Crippen LogP contribution < -0.4 is 10.9 Å². The summed E-state index contributed by atoms with van der Waals surface area (Å²) in [7, 11) is -4.62. The average molecular weight is 742 g/mol. The molecule has 0 aliphatic carbocycles. The van der Waals surface area contributed by atoms with Crippen LogP contribution in [0.4, 0.5) is 13.2 Å². The summed E-state index contributed by atoms with van der Waals surface area (Å²) in [6.45, 7) is 0. The predicted molar refractivity (Wildman–Crippen MR) is 171 cm³/mol. The van der Waals surface area contributed by atoms with Crippen molar-refractivity contribution in [1.29, 1.82) is 0 Å². The number of alkyl halides is 3. The fourth-order valence-corrected chi connectivity index (χ4v) is 12.0. The van der Waals surface area contributed by atoms with Gasteiger partial charge in [-0.1, -0.05) is 0 Å². The second kappa shape index (κ2) is 10.8. The Bertz CT molecular complexity index is 2390. The predicted octanol–water partition coefficient (Wildman–Crippen LogP) is 8.09. The molecule has 7 aromatic rings. The summed E-state index contributed by atoms with van der Waals surface area (Å²) in [6, 6.07) is 25.6. The molecule has 0 saturated carbocycles. The number of halogens is 4. The number of hydrogen-bond acceptors (Lipinski definition) is 7. The third kappa shape index (κ3) is 5.28. The maximum atomic E-state index is 13.5. The monoisotopic (exact) mass is 742 g/mol. The van der Waals surface area contributed by atoms with Crippen LogP contribution in [0, 0.1) is 7.14 Å². The van der Waals surface area contributed by atoms with E-state index >= 15 is 0 Å². The molecule has 0 fully saturated rings. The van der Waals surface area contributed by atoms with Gasteiger partial charge in [0.05, 0.1) is 0 Å². The van der Waals surface area contributed by atoms with E-state index in [-0.39, 0.29) is 32.8 Å². The van der Waals surface area contributed by atoms with Crippen LogP contribution in [0.1, 0.15) is 5.56 Å². The Morgan fingerprint density at radius 1 is 0.578 bits per heavy atom. The van der Waals surface area contributed by atoms with Crippen molar-refractivity contribution in [3.63, 3.8) is 0 Å². The minimum absolute atomic E-state index is 0.190. The van der Waals surface area contributed by atoms with Gasteiger partial charge in [-0.2, -0.15) is 0 Å². The average Bonchev–Trinajstić information content (AvgIpc) is 3.03. The Hall–Kier alpha value is -4.53. The first-order valence-corrected chi connectivity index (χ1v) is 17.7. The van der Waals surface area contributed by atoms with Crippen LogP contribution in [0.2, 0.25) is 0 Å². The van der Waals surface area contributed by atoms with Gasteiger partial charge in [0.15, 0.2) is 0 Å². The van der Waals surface area contributed by atoms with Gasteiger partial charge in [-0.05, 0) is 0 Å². The van der Waals surface area contributed by atoms with E-state index in [2.05, 4.69) is 0 Å².